The summed E-state index contributed by atoms with van der Waals surface area (Å²) in [5.74, 6) is -0.467. The normalized spacial score (nSPS) is 15.2. The van der Waals surface area contributed by atoms with Crippen molar-refractivity contribution in [2.45, 2.75) is 31.6 Å². The van der Waals surface area contributed by atoms with Crippen molar-refractivity contribution in [2.75, 3.05) is 32.1 Å². The van der Waals surface area contributed by atoms with Gasteiger partial charge in [0.2, 0.25) is 15.9 Å². The molecule has 9 heteroatoms. The molecule has 1 heterocycles. The molecule has 2 aromatic carbocycles. The average Bonchev–Trinajstić information content (AvgIpc) is 2.80. The minimum absolute atomic E-state index is 0.216. The molecule has 0 atom stereocenters. The van der Waals surface area contributed by atoms with Gasteiger partial charge in [0.05, 0.1) is 29.9 Å². The maximum absolute atomic E-state index is 13.1. The van der Waals surface area contributed by atoms with Crippen LogP contribution in [0.3, 0.4) is 0 Å². The minimum Gasteiger partial charge on any atom is -0.494 e. The fraction of sp³-hybridized carbons (Fsp3) is 0.391. The SMILES string of the molecule is CCOc1ccc(S(=O)(=O)N2CCC(C(=O)Nc3ccccc3C(=O)OC)CC2)cc1C. The Kier molecular flexibility index (Phi) is 7.52. The third-order valence-corrected chi connectivity index (χ3v) is 7.39. The number of nitrogens with zero attached hydrogens (tertiary/aromatic N) is 1. The van der Waals surface area contributed by atoms with Crippen molar-refractivity contribution in [1.82, 2.24) is 4.31 Å². The summed E-state index contributed by atoms with van der Waals surface area (Å²) in [5, 5.41) is 2.78. The zero-order valence-corrected chi connectivity index (χ0v) is 19.3. The molecule has 1 saturated heterocycles. The lowest BCUT2D eigenvalue weighted by Gasteiger charge is -2.30. The molecule has 0 aliphatic carbocycles. The molecule has 0 unspecified atom stereocenters. The Bertz CT molecular complexity index is 1090. The van der Waals surface area contributed by atoms with Crippen LogP contribution in [-0.4, -0.2) is 51.4 Å². The van der Waals surface area contributed by atoms with E-state index in [1.165, 1.54) is 11.4 Å². The number of nitrogens with one attached hydrogen (secondary N) is 1. The number of hydrogen-bond acceptors (Lipinski definition) is 6. The van der Waals surface area contributed by atoms with E-state index in [0.29, 0.717) is 30.9 Å². The number of methoxy groups -OCH3 is 1. The van der Waals surface area contributed by atoms with E-state index in [4.69, 9.17) is 9.47 Å². The van der Waals surface area contributed by atoms with Gasteiger partial charge in [-0.1, -0.05) is 12.1 Å². The van der Waals surface area contributed by atoms with Gasteiger partial charge < -0.3 is 14.8 Å². The Morgan fingerprint density at radius 3 is 2.44 bits per heavy atom. The number of ether oxygens (including phenoxy) is 2. The van der Waals surface area contributed by atoms with Gasteiger partial charge in [-0.2, -0.15) is 4.31 Å². The van der Waals surface area contributed by atoms with E-state index in [-0.39, 0.29) is 35.4 Å². The van der Waals surface area contributed by atoms with E-state index in [9.17, 15) is 18.0 Å². The van der Waals surface area contributed by atoms with Gasteiger partial charge in [-0.15, -0.1) is 0 Å². The number of hydrogen-bond donors (Lipinski definition) is 1. The second-order valence-corrected chi connectivity index (χ2v) is 9.50. The second-order valence-electron chi connectivity index (χ2n) is 7.57. The minimum atomic E-state index is -3.66. The number of piperidine rings is 1. The highest BCUT2D eigenvalue weighted by Gasteiger charge is 2.32. The van der Waals surface area contributed by atoms with Crippen LogP contribution in [-0.2, 0) is 19.6 Å². The quantitative estimate of drug-likeness (QED) is 0.637. The van der Waals surface area contributed by atoms with E-state index in [1.54, 1.807) is 42.5 Å². The molecule has 2 aromatic rings. The van der Waals surface area contributed by atoms with Crippen LogP contribution in [0.15, 0.2) is 47.4 Å². The number of sulfonamides is 1. The van der Waals surface area contributed by atoms with E-state index in [0.717, 1.165) is 5.56 Å². The third kappa shape index (κ3) is 5.11. The Balaban J connectivity index is 1.65. The van der Waals surface area contributed by atoms with Crippen molar-refractivity contribution in [3.63, 3.8) is 0 Å². The standard InChI is InChI=1S/C23H28N2O6S/c1-4-31-21-10-9-18(15-16(21)2)32(28,29)25-13-11-17(12-14-25)22(26)24-20-8-6-5-7-19(20)23(27)30-3/h5-10,15,17H,4,11-14H2,1-3H3,(H,24,26). The molecule has 1 amide bonds. The fourth-order valence-electron chi connectivity index (χ4n) is 3.72. The smallest absolute Gasteiger partial charge is 0.339 e. The molecule has 0 radical (unpaired) electrons. The van der Waals surface area contributed by atoms with E-state index in [1.807, 2.05) is 13.8 Å². The molecular formula is C23H28N2O6S. The fourth-order valence-corrected chi connectivity index (χ4v) is 5.28. The van der Waals surface area contributed by atoms with Gasteiger partial charge in [0.25, 0.3) is 0 Å². The van der Waals surface area contributed by atoms with Crippen LogP contribution in [0.5, 0.6) is 5.75 Å². The Hall–Kier alpha value is -2.91. The molecular weight excluding hydrogens is 432 g/mol. The van der Waals surface area contributed by atoms with Crippen molar-refractivity contribution in [2.24, 2.45) is 5.92 Å². The average molecular weight is 461 g/mol. The van der Waals surface area contributed by atoms with Crippen LogP contribution in [0.2, 0.25) is 0 Å². The molecule has 172 valence electrons. The number of amides is 1. The summed E-state index contributed by atoms with van der Waals surface area (Å²) in [4.78, 5) is 24.9. The summed E-state index contributed by atoms with van der Waals surface area (Å²) in [5.41, 5.74) is 1.41. The molecule has 0 bridgehead atoms. The van der Waals surface area contributed by atoms with E-state index >= 15 is 0 Å². The van der Waals surface area contributed by atoms with Crippen LogP contribution in [0.25, 0.3) is 0 Å². The molecule has 32 heavy (non-hydrogen) atoms. The predicted octanol–water partition coefficient (Wildman–Crippen LogP) is 3.22. The summed E-state index contributed by atoms with van der Waals surface area (Å²) in [6, 6.07) is 11.5. The molecule has 1 aliphatic rings. The van der Waals surface area contributed by atoms with Gasteiger partial charge in [0.1, 0.15) is 5.75 Å². The monoisotopic (exact) mass is 460 g/mol. The van der Waals surface area contributed by atoms with Crippen LogP contribution in [0, 0.1) is 12.8 Å². The number of aryl methyl sites for hydroxylation is 1. The van der Waals surface area contributed by atoms with Crippen molar-refractivity contribution in [1.29, 1.82) is 0 Å². The zero-order chi connectivity index (χ0) is 23.3. The van der Waals surface area contributed by atoms with Gasteiger partial charge in [0, 0.05) is 19.0 Å². The first-order chi connectivity index (χ1) is 15.3. The van der Waals surface area contributed by atoms with Crippen molar-refractivity contribution >= 4 is 27.6 Å². The number of rotatable bonds is 7. The zero-order valence-electron chi connectivity index (χ0n) is 18.5. The Morgan fingerprint density at radius 1 is 1.12 bits per heavy atom. The molecule has 1 aliphatic heterocycles. The summed E-state index contributed by atoms with van der Waals surface area (Å²) in [6.07, 6.45) is 0.781. The lowest BCUT2D eigenvalue weighted by Crippen LogP contribution is -2.41. The highest BCUT2D eigenvalue weighted by molar-refractivity contribution is 7.89. The highest BCUT2D eigenvalue weighted by atomic mass is 32.2. The molecule has 1 N–H and O–H groups in total. The lowest BCUT2D eigenvalue weighted by molar-refractivity contribution is -0.120. The van der Waals surface area contributed by atoms with Gasteiger partial charge >= 0.3 is 5.97 Å². The van der Waals surface area contributed by atoms with Crippen LogP contribution in [0.4, 0.5) is 5.69 Å². The first-order valence-corrected chi connectivity index (χ1v) is 11.9. The Morgan fingerprint density at radius 2 is 1.81 bits per heavy atom. The molecule has 0 spiro atoms. The number of carbonyl (C=O) groups excluding carboxylic acids is 2. The van der Waals surface area contributed by atoms with Crippen molar-refractivity contribution in [3.8, 4) is 5.75 Å². The van der Waals surface area contributed by atoms with Crippen molar-refractivity contribution in [3.05, 3.63) is 53.6 Å². The molecule has 3 rings (SSSR count). The molecule has 0 saturated carbocycles. The van der Waals surface area contributed by atoms with Crippen LogP contribution < -0.4 is 10.1 Å². The van der Waals surface area contributed by atoms with Crippen molar-refractivity contribution < 1.29 is 27.5 Å². The van der Waals surface area contributed by atoms with Gasteiger partial charge in [0.15, 0.2) is 0 Å². The first kappa shape index (κ1) is 23.7. The largest absolute Gasteiger partial charge is 0.494 e. The number of para-hydroxylation sites is 1. The summed E-state index contributed by atoms with van der Waals surface area (Å²) < 4.78 is 37.8. The number of esters is 1. The number of carbonyl (C=O) groups is 2. The van der Waals surface area contributed by atoms with Gasteiger partial charge in [-0.3, -0.25) is 4.79 Å². The van der Waals surface area contributed by atoms with Gasteiger partial charge in [-0.05, 0) is 62.6 Å². The highest BCUT2D eigenvalue weighted by Crippen LogP contribution is 2.28. The lowest BCUT2D eigenvalue weighted by atomic mass is 9.97. The maximum atomic E-state index is 13.1. The maximum Gasteiger partial charge on any atom is 0.339 e. The second kappa shape index (κ2) is 10.1. The van der Waals surface area contributed by atoms with E-state index in [2.05, 4.69) is 5.32 Å². The summed E-state index contributed by atoms with van der Waals surface area (Å²) in [6.45, 7) is 4.68. The number of anilines is 1. The Labute approximate surface area is 188 Å². The van der Waals surface area contributed by atoms with E-state index < -0.39 is 16.0 Å². The third-order valence-electron chi connectivity index (χ3n) is 5.50. The summed E-state index contributed by atoms with van der Waals surface area (Å²) in [7, 11) is -2.38. The molecule has 0 aromatic heterocycles. The van der Waals surface area contributed by atoms with Crippen LogP contribution in [0.1, 0.15) is 35.7 Å². The predicted molar refractivity (Wildman–Crippen MR) is 120 cm³/mol. The van der Waals surface area contributed by atoms with Gasteiger partial charge in [-0.25, -0.2) is 13.2 Å². The first-order valence-electron chi connectivity index (χ1n) is 10.5. The topological polar surface area (TPSA) is 102 Å². The van der Waals surface area contributed by atoms with Crippen LogP contribution >= 0.6 is 0 Å². The molecule has 8 nitrogen and oxygen atoms in total. The summed E-state index contributed by atoms with van der Waals surface area (Å²) >= 11 is 0. The molecule has 1 fully saturated rings. The number of benzene rings is 2.